The Kier molecular flexibility index (Phi) is 9.90. The van der Waals surface area contributed by atoms with Gasteiger partial charge in [-0.15, -0.1) is 0 Å². The zero-order valence-electron chi connectivity index (χ0n) is 38.2. The number of aryl methyl sites for hydroxylation is 1. The maximum Gasteiger partial charge on any atom is 0.238 e. The summed E-state index contributed by atoms with van der Waals surface area (Å²) < 4.78 is 2.25. The summed E-state index contributed by atoms with van der Waals surface area (Å²) in [5.74, 6) is 2.46. The van der Waals surface area contributed by atoms with Gasteiger partial charge in [-0.05, 0) is 97.8 Å². The Morgan fingerprint density at radius 1 is 0.420 bits per heavy atom. The Bertz CT molecular complexity index is 3780. The molecule has 2 heterocycles. The lowest BCUT2D eigenvalue weighted by atomic mass is 9.69. The van der Waals surface area contributed by atoms with Crippen molar-refractivity contribution in [3.8, 4) is 62.1 Å². The topological polar surface area (TPSA) is 43.6 Å². The fourth-order valence-corrected chi connectivity index (χ4v) is 11.1. The number of aromatic nitrogens is 4. The van der Waals surface area contributed by atoms with Crippen LogP contribution >= 0.6 is 0 Å². The van der Waals surface area contributed by atoms with Crippen molar-refractivity contribution in [2.24, 2.45) is 0 Å². The van der Waals surface area contributed by atoms with Gasteiger partial charge in [0.25, 0.3) is 0 Å². The maximum absolute atomic E-state index is 5.23. The molecule has 326 valence electrons. The standard InChI is InChI=1S/C65H46N4/c1-42-50(37-38-59-58-33-16-17-34-61(58)69(62(42)59)65-67-63(43-19-4-2-5-20-43)66-64(68-65)44-21-6-3-7-22-44)52-28-11-9-24-49(52)40-47-23-8-10-27-51(47)48-26-18-25-45(39-48)46-35-36-57-55-31-13-12-29-53(55)54-30-14-15-32-56(54)60(57)41-46/h2-39,41,57,60H,40H2,1H3. The van der Waals surface area contributed by atoms with Crippen molar-refractivity contribution in [3.05, 3.63) is 270 Å². The Labute approximate surface area is 402 Å². The Morgan fingerprint density at radius 3 is 1.68 bits per heavy atom. The second kappa shape index (κ2) is 16.9. The van der Waals surface area contributed by atoms with Crippen molar-refractivity contribution in [2.75, 3.05) is 0 Å². The highest BCUT2D eigenvalue weighted by molar-refractivity contribution is 6.11. The lowest BCUT2D eigenvalue weighted by Crippen LogP contribution is -2.17. The molecule has 13 rings (SSSR count). The minimum absolute atomic E-state index is 0.281. The van der Waals surface area contributed by atoms with Gasteiger partial charge in [-0.2, -0.15) is 9.97 Å². The number of para-hydroxylation sites is 1. The van der Waals surface area contributed by atoms with Crippen LogP contribution < -0.4 is 0 Å². The molecule has 2 aromatic heterocycles. The van der Waals surface area contributed by atoms with Crippen LogP contribution in [0.5, 0.6) is 0 Å². The lowest BCUT2D eigenvalue weighted by Gasteiger charge is -2.35. The van der Waals surface area contributed by atoms with Crippen molar-refractivity contribution in [1.82, 2.24) is 19.5 Å². The first-order chi connectivity index (χ1) is 34.1. The molecule has 0 N–H and O–H groups in total. The number of fused-ring (bicyclic) bond motifs is 9. The normalized spacial score (nSPS) is 14.8. The number of hydrogen-bond donors (Lipinski definition) is 0. The van der Waals surface area contributed by atoms with E-state index in [1.807, 2.05) is 36.4 Å². The molecule has 69 heavy (non-hydrogen) atoms. The molecular formula is C65H46N4. The molecule has 0 radical (unpaired) electrons. The molecule has 4 nitrogen and oxygen atoms in total. The average molecular weight is 883 g/mol. The van der Waals surface area contributed by atoms with E-state index in [0.717, 1.165) is 39.4 Å². The summed E-state index contributed by atoms with van der Waals surface area (Å²) in [5, 5.41) is 2.32. The fourth-order valence-electron chi connectivity index (χ4n) is 11.1. The van der Waals surface area contributed by atoms with Gasteiger partial charge < -0.3 is 0 Å². The van der Waals surface area contributed by atoms with E-state index in [4.69, 9.17) is 15.0 Å². The molecule has 0 fully saturated rings. The van der Waals surface area contributed by atoms with Crippen LogP contribution in [-0.2, 0) is 6.42 Å². The first kappa shape index (κ1) is 40.5. The monoisotopic (exact) mass is 882 g/mol. The van der Waals surface area contributed by atoms with Crippen molar-refractivity contribution >= 4 is 27.4 Å². The smallest absolute Gasteiger partial charge is 0.238 e. The summed E-state index contributed by atoms with van der Waals surface area (Å²) in [6, 6.07) is 78.4. The van der Waals surface area contributed by atoms with E-state index in [9.17, 15) is 0 Å². The summed E-state index contributed by atoms with van der Waals surface area (Å²) in [7, 11) is 0. The van der Waals surface area contributed by atoms with Gasteiger partial charge >= 0.3 is 0 Å². The third kappa shape index (κ3) is 7.03. The van der Waals surface area contributed by atoms with Crippen LogP contribution in [0.1, 0.15) is 45.2 Å². The van der Waals surface area contributed by atoms with E-state index in [2.05, 4.69) is 212 Å². The zero-order chi connectivity index (χ0) is 45.8. The first-order valence-corrected chi connectivity index (χ1v) is 23.9. The number of nitrogens with zero attached hydrogens (tertiary/aromatic N) is 4. The lowest BCUT2D eigenvalue weighted by molar-refractivity contribution is 0.722. The molecule has 4 heteroatoms. The van der Waals surface area contributed by atoms with E-state index in [0.29, 0.717) is 23.5 Å². The Morgan fingerprint density at radius 2 is 0.971 bits per heavy atom. The highest BCUT2D eigenvalue weighted by atomic mass is 15.2. The van der Waals surface area contributed by atoms with E-state index >= 15 is 0 Å². The Hall–Kier alpha value is -8.73. The van der Waals surface area contributed by atoms with Crippen molar-refractivity contribution in [3.63, 3.8) is 0 Å². The van der Waals surface area contributed by atoms with Crippen molar-refractivity contribution in [1.29, 1.82) is 0 Å². The van der Waals surface area contributed by atoms with E-state index < -0.39 is 0 Å². The fraction of sp³-hybridized carbons (Fsp3) is 0.0615. The molecule has 0 saturated heterocycles. The SMILES string of the molecule is Cc1c(-c2ccccc2Cc2ccccc2-c2cccc(C3=CC4c5ccccc5-c5ccccc5C4C=C3)c2)ccc2c3ccccc3n(-c3nc(-c4ccccc4)nc(-c4ccccc4)n3)c12. The molecule has 0 aliphatic heterocycles. The van der Waals surface area contributed by atoms with Gasteiger partial charge in [-0.3, -0.25) is 4.57 Å². The van der Waals surface area contributed by atoms with Crippen LogP contribution in [0.25, 0.3) is 89.5 Å². The van der Waals surface area contributed by atoms with Gasteiger partial charge in [-0.1, -0.05) is 224 Å². The molecule has 0 amide bonds. The minimum Gasteiger partial charge on any atom is -0.278 e. The number of benzene rings is 9. The summed E-state index contributed by atoms with van der Waals surface area (Å²) in [6.07, 6.45) is 8.05. The molecular weight excluding hydrogens is 837 g/mol. The quantitative estimate of drug-likeness (QED) is 0.153. The number of allylic oxidation sites excluding steroid dienone is 4. The highest BCUT2D eigenvalue weighted by Gasteiger charge is 2.33. The molecule has 0 saturated carbocycles. The number of hydrogen-bond acceptors (Lipinski definition) is 3. The van der Waals surface area contributed by atoms with Gasteiger partial charge in [0.05, 0.1) is 11.0 Å². The van der Waals surface area contributed by atoms with Crippen LogP contribution in [-0.4, -0.2) is 19.5 Å². The predicted molar refractivity (Wildman–Crippen MR) is 284 cm³/mol. The second-order valence-electron chi connectivity index (χ2n) is 18.3. The second-order valence-corrected chi connectivity index (χ2v) is 18.3. The molecule has 11 aromatic rings. The summed E-state index contributed by atoms with van der Waals surface area (Å²) in [4.78, 5) is 15.5. The molecule has 0 bridgehead atoms. The van der Waals surface area contributed by atoms with Gasteiger partial charge in [0.2, 0.25) is 5.95 Å². The summed E-state index contributed by atoms with van der Waals surface area (Å²) in [6.45, 7) is 2.25. The van der Waals surface area contributed by atoms with Gasteiger partial charge in [-0.25, -0.2) is 4.98 Å². The van der Waals surface area contributed by atoms with Crippen LogP contribution in [0.3, 0.4) is 0 Å². The van der Waals surface area contributed by atoms with E-state index in [-0.39, 0.29) is 5.92 Å². The van der Waals surface area contributed by atoms with Crippen LogP contribution in [0, 0.1) is 6.92 Å². The molecule has 9 aromatic carbocycles. The van der Waals surface area contributed by atoms with Crippen LogP contribution in [0.15, 0.2) is 237 Å². The van der Waals surface area contributed by atoms with E-state index in [1.165, 1.54) is 72.3 Å². The average Bonchev–Trinajstić information content (AvgIpc) is 3.77. The van der Waals surface area contributed by atoms with Gasteiger partial charge in [0.1, 0.15) is 0 Å². The highest BCUT2D eigenvalue weighted by Crippen LogP contribution is 2.51. The summed E-state index contributed by atoms with van der Waals surface area (Å²) in [5.41, 5.74) is 20.6. The minimum atomic E-state index is 0.281. The Balaban J connectivity index is 0.890. The molecule has 2 atom stereocenters. The molecule has 2 aliphatic rings. The molecule has 0 spiro atoms. The third-order valence-electron chi connectivity index (χ3n) is 14.3. The maximum atomic E-state index is 5.23. The number of rotatable bonds is 8. The van der Waals surface area contributed by atoms with Crippen LogP contribution in [0.4, 0.5) is 0 Å². The molecule has 2 aliphatic carbocycles. The van der Waals surface area contributed by atoms with Crippen LogP contribution in [0.2, 0.25) is 0 Å². The third-order valence-corrected chi connectivity index (χ3v) is 14.3. The largest absolute Gasteiger partial charge is 0.278 e. The summed E-state index contributed by atoms with van der Waals surface area (Å²) >= 11 is 0. The zero-order valence-corrected chi connectivity index (χ0v) is 38.2. The van der Waals surface area contributed by atoms with E-state index in [1.54, 1.807) is 0 Å². The molecule has 2 unspecified atom stereocenters. The van der Waals surface area contributed by atoms with Gasteiger partial charge in [0.15, 0.2) is 11.6 Å². The van der Waals surface area contributed by atoms with Crippen molar-refractivity contribution in [2.45, 2.75) is 25.2 Å². The van der Waals surface area contributed by atoms with Gasteiger partial charge in [0, 0.05) is 33.7 Å². The first-order valence-electron chi connectivity index (χ1n) is 23.9. The predicted octanol–water partition coefficient (Wildman–Crippen LogP) is 16.0. The van der Waals surface area contributed by atoms with Crippen molar-refractivity contribution < 1.29 is 0 Å².